The molecule has 0 aromatic carbocycles. The minimum Gasteiger partial charge on any atom is -0.386 e. The number of ether oxygens (including phenoxy) is 1. The van der Waals surface area contributed by atoms with E-state index in [9.17, 15) is 4.79 Å². The number of carbonyl (C=O) groups is 1. The minimum absolute atomic E-state index is 0.453. The average molecular weight is 272 g/mol. The van der Waals surface area contributed by atoms with Gasteiger partial charge in [0.2, 0.25) is 0 Å². The van der Waals surface area contributed by atoms with Gasteiger partial charge in [0.05, 0.1) is 0 Å². The summed E-state index contributed by atoms with van der Waals surface area (Å²) in [6.45, 7) is 1.56. The Morgan fingerprint density at radius 1 is 1.55 bits per heavy atom. The van der Waals surface area contributed by atoms with E-state index in [1.807, 2.05) is 22.6 Å². The highest BCUT2D eigenvalue weighted by molar-refractivity contribution is 14.1. The molecule has 2 N–H and O–H groups in total. The van der Waals surface area contributed by atoms with E-state index in [2.05, 4.69) is 0 Å². The molecule has 0 saturated carbocycles. The predicted octanol–water partition coefficient (Wildman–Crippen LogP) is -0.543. The highest BCUT2D eigenvalue weighted by Gasteiger charge is 2.39. The van der Waals surface area contributed by atoms with Crippen LogP contribution in [0.15, 0.2) is 0 Å². The Labute approximate surface area is 77.7 Å². The number of Topliss-reactive ketones (excluding diaryl/α,β-unsaturated/α-hetero) is 1. The molecule has 0 aromatic heterocycles. The van der Waals surface area contributed by atoms with Gasteiger partial charge in [-0.2, -0.15) is 0 Å². The molecule has 11 heavy (non-hydrogen) atoms. The van der Waals surface area contributed by atoms with E-state index in [0.717, 1.165) is 0 Å². The van der Waals surface area contributed by atoms with E-state index in [1.54, 1.807) is 6.92 Å². The van der Waals surface area contributed by atoms with Crippen molar-refractivity contribution in [2.45, 2.75) is 29.3 Å². The molecule has 4 nitrogen and oxygen atoms in total. The van der Waals surface area contributed by atoms with E-state index >= 15 is 0 Å². The number of aliphatic hydroxyl groups is 2. The van der Waals surface area contributed by atoms with Crippen molar-refractivity contribution in [1.29, 1.82) is 0 Å². The van der Waals surface area contributed by atoms with Gasteiger partial charge in [-0.3, -0.25) is 4.79 Å². The average Bonchev–Trinajstić information content (AvgIpc) is 1.97. The first-order valence-electron chi connectivity index (χ1n) is 3.23. The molecular weight excluding hydrogens is 263 g/mol. The van der Waals surface area contributed by atoms with Crippen molar-refractivity contribution >= 4 is 28.4 Å². The highest BCUT2D eigenvalue weighted by Crippen LogP contribution is 2.21. The summed E-state index contributed by atoms with van der Waals surface area (Å²) in [4.78, 5) is 10.9. The van der Waals surface area contributed by atoms with Crippen molar-refractivity contribution in [2.75, 3.05) is 0 Å². The summed E-state index contributed by atoms with van der Waals surface area (Å²) in [5.41, 5.74) is 0. The van der Waals surface area contributed by atoms with Crippen LogP contribution in [0.3, 0.4) is 0 Å². The third-order valence-corrected chi connectivity index (χ3v) is 2.65. The van der Waals surface area contributed by atoms with Gasteiger partial charge in [0.25, 0.3) is 0 Å². The van der Waals surface area contributed by atoms with Crippen LogP contribution in [0, 0.1) is 0 Å². The van der Waals surface area contributed by atoms with Gasteiger partial charge in [-0.15, -0.1) is 0 Å². The largest absolute Gasteiger partial charge is 0.386 e. The number of halogens is 1. The zero-order valence-electron chi connectivity index (χ0n) is 5.90. The molecule has 1 rings (SSSR count). The van der Waals surface area contributed by atoms with Crippen molar-refractivity contribution in [2.24, 2.45) is 0 Å². The van der Waals surface area contributed by atoms with Crippen LogP contribution in [0.25, 0.3) is 0 Å². The molecule has 4 atom stereocenters. The molecule has 0 radical (unpaired) electrons. The van der Waals surface area contributed by atoms with Gasteiger partial charge in [0, 0.05) is 0 Å². The first kappa shape index (κ1) is 9.37. The quantitative estimate of drug-likeness (QED) is 0.459. The second kappa shape index (κ2) is 3.34. The first-order chi connectivity index (χ1) is 5.04. The SMILES string of the molecule is CC1O[C@@H](I)C(O)C(O)C1=O. The number of rotatable bonds is 0. The lowest BCUT2D eigenvalue weighted by molar-refractivity contribution is -0.164. The van der Waals surface area contributed by atoms with Crippen molar-refractivity contribution in [3.63, 3.8) is 0 Å². The summed E-state index contributed by atoms with van der Waals surface area (Å²) >= 11 is 1.84. The maximum absolute atomic E-state index is 10.9. The first-order valence-corrected chi connectivity index (χ1v) is 4.48. The van der Waals surface area contributed by atoms with E-state index in [0.29, 0.717) is 0 Å². The Balaban J connectivity index is 2.70. The third kappa shape index (κ3) is 1.71. The maximum atomic E-state index is 10.9. The van der Waals surface area contributed by atoms with Crippen LogP contribution >= 0.6 is 22.6 Å². The summed E-state index contributed by atoms with van der Waals surface area (Å²) in [6, 6.07) is 0. The van der Waals surface area contributed by atoms with Gasteiger partial charge in [-0.1, -0.05) is 0 Å². The fraction of sp³-hybridized carbons (Fsp3) is 0.833. The molecule has 1 aliphatic rings. The zero-order valence-corrected chi connectivity index (χ0v) is 8.06. The van der Waals surface area contributed by atoms with Crippen LogP contribution in [-0.2, 0) is 9.53 Å². The van der Waals surface area contributed by atoms with Crippen molar-refractivity contribution < 1.29 is 19.7 Å². The summed E-state index contributed by atoms with van der Waals surface area (Å²) in [5, 5.41) is 18.2. The van der Waals surface area contributed by atoms with Crippen LogP contribution in [0.4, 0.5) is 0 Å². The lowest BCUT2D eigenvalue weighted by atomic mass is 10.0. The molecule has 64 valence electrons. The van der Waals surface area contributed by atoms with Crippen LogP contribution in [0.2, 0.25) is 0 Å². The van der Waals surface area contributed by atoms with Gasteiger partial charge >= 0.3 is 0 Å². The smallest absolute Gasteiger partial charge is 0.192 e. The molecule has 1 saturated heterocycles. The van der Waals surface area contributed by atoms with Gasteiger partial charge in [-0.25, -0.2) is 0 Å². The molecule has 3 unspecified atom stereocenters. The Bertz CT molecular complexity index is 172. The fourth-order valence-electron chi connectivity index (χ4n) is 0.895. The Kier molecular flexibility index (Phi) is 2.84. The van der Waals surface area contributed by atoms with Crippen molar-refractivity contribution in [3.8, 4) is 0 Å². The van der Waals surface area contributed by atoms with Crippen molar-refractivity contribution in [1.82, 2.24) is 0 Å². The number of hydrogen-bond acceptors (Lipinski definition) is 4. The van der Waals surface area contributed by atoms with Crippen LogP contribution in [-0.4, -0.2) is 38.4 Å². The van der Waals surface area contributed by atoms with Crippen LogP contribution < -0.4 is 0 Å². The lowest BCUT2D eigenvalue weighted by Gasteiger charge is -2.31. The monoisotopic (exact) mass is 272 g/mol. The standard InChI is InChI=1S/C6H9IO4/c1-2-3(8)4(9)5(10)6(7)11-2/h2,4-6,9-10H,1H3/t2?,4?,5?,6-/m1/s1. The van der Waals surface area contributed by atoms with Gasteiger partial charge < -0.3 is 14.9 Å². The predicted molar refractivity (Wildman–Crippen MR) is 45.4 cm³/mol. The molecule has 0 spiro atoms. The molecular formula is C6H9IO4. The molecule has 1 heterocycles. The molecule has 0 aliphatic carbocycles. The van der Waals surface area contributed by atoms with Crippen molar-refractivity contribution in [3.05, 3.63) is 0 Å². The second-order valence-electron chi connectivity index (χ2n) is 2.47. The summed E-state index contributed by atoms with van der Waals surface area (Å²) < 4.78 is 4.50. The molecule has 0 aromatic rings. The van der Waals surface area contributed by atoms with E-state index in [1.165, 1.54) is 0 Å². The summed E-state index contributed by atoms with van der Waals surface area (Å²) in [5.74, 6) is -0.453. The highest BCUT2D eigenvalue weighted by atomic mass is 127. The number of carbonyl (C=O) groups excluding carboxylic acids is 1. The van der Waals surface area contributed by atoms with Gasteiger partial charge in [0.1, 0.15) is 22.4 Å². The van der Waals surface area contributed by atoms with Crippen LogP contribution in [0.1, 0.15) is 6.92 Å². The van der Waals surface area contributed by atoms with Gasteiger partial charge in [0.15, 0.2) is 5.78 Å². The third-order valence-electron chi connectivity index (χ3n) is 1.62. The second-order valence-corrected chi connectivity index (χ2v) is 3.69. The Morgan fingerprint density at radius 3 is 2.64 bits per heavy atom. The topological polar surface area (TPSA) is 66.8 Å². The normalized spacial score (nSPS) is 46.0. The molecule has 0 amide bonds. The van der Waals surface area contributed by atoms with Gasteiger partial charge in [-0.05, 0) is 29.5 Å². The number of ketones is 1. The number of alkyl halides is 1. The molecule has 0 bridgehead atoms. The minimum atomic E-state index is -1.29. The molecule has 1 fully saturated rings. The van der Waals surface area contributed by atoms with E-state index in [-0.39, 0.29) is 0 Å². The fourth-order valence-corrected chi connectivity index (χ4v) is 1.73. The lowest BCUT2D eigenvalue weighted by Crippen LogP contribution is -2.51. The van der Waals surface area contributed by atoms with E-state index < -0.39 is 28.2 Å². The summed E-state index contributed by atoms with van der Waals surface area (Å²) in [6.07, 6.45) is -3.00. The molecule has 5 heteroatoms. The number of hydrogen-bond donors (Lipinski definition) is 2. The summed E-state index contributed by atoms with van der Waals surface area (Å²) in [7, 11) is 0. The van der Waals surface area contributed by atoms with E-state index in [4.69, 9.17) is 14.9 Å². The number of aliphatic hydroxyl groups excluding tert-OH is 2. The molecule has 1 aliphatic heterocycles. The Hall–Kier alpha value is 0.280. The maximum Gasteiger partial charge on any atom is 0.192 e. The Morgan fingerprint density at radius 2 is 2.09 bits per heavy atom. The van der Waals surface area contributed by atoms with Crippen LogP contribution in [0.5, 0.6) is 0 Å². The zero-order chi connectivity index (χ0) is 8.59.